The lowest BCUT2D eigenvalue weighted by Gasteiger charge is -2.36. The van der Waals surface area contributed by atoms with Crippen molar-refractivity contribution in [2.24, 2.45) is 0 Å². The zero-order valence-corrected chi connectivity index (χ0v) is 14.5. The Kier molecular flexibility index (Phi) is 5.56. The van der Waals surface area contributed by atoms with E-state index in [0.717, 1.165) is 18.8 Å². The molecule has 0 atom stereocenters. The van der Waals surface area contributed by atoms with Crippen molar-refractivity contribution in [2.45, 2.75) is 0 Å². The van der Waals surface area contributed by atoms with Gasteiger partial charge in [-0.3, -0.25) is 4.79 Å². The summed E-state index contributed by atoms with van der Waals surface area (Å²) in [4.78, 5) is 28.0. The van der Waals surface area contributed by atoms with Crippen molar-refractivity contribution < 1.29 is 14.3 Å². The molecule has 0 bridgehead atoms. The summed E-state index contributed by atoms with van der Waals surface area (Å²) in [6.07, 6.45) is 0. The van der Waals surface area contributed by atoms with Gasteiger partial charge in [0.1, 0.15) is 0 Å². The molecule has 2 aromatic carbocycles. The van der Waals surface area contributed by atoms with Crippen LogP contribution in [-0.4, -0.2) is 49.6 Å². The van der Waals surface area contributed by atoms with Crippen molar-refractivity contribution >= 4 is 29.2 Å². The van der Waals surface area contributed by atoms with Crippen molar-refractivity contribution in [3.8, 4) is 0 Å². The van der Waals surface area contributed by atoms with E-state index in [2.05, 4.69) is 4.90 Å². The third-order valence-electron chi connectivity index (χ3n) is 4.14. The largest absolute Gasteiger partial charge is 0.452 e. The smallest absolute Gasteiger partial charge is 0.338 e. The number of amides is 1. The number of ether oxygens (including phenoxy) is 1. The molecule has 1 aliphatic rings. The Morgan fingerprint density at radius 1 is 0.960 bits per heavy atom. The summed E-state index contributed by atoms with van der Waals surface area (Å²) in [6, 6.07) is 16.3. The van der Waals surface area contributed by atoms with E-state index < -0.39 is 5.97 Å². The lowest BCUT2D eigenvalue weighted by Crippen LogP contribution is -2.49. The molecule has 1 aliphatic heterocycles. The van der Waals surface area contributed by atoms with E-state index >= 15 is 0 Å². The van der Waals surface area contributed by atoms with Gasteiger partial charge in [0.15, 0.2) is 6.61 Å². The van der Waals surface area contributed by atoms with Gasteiger partial charge >= 0.3 is 5.97 Å². The summed E-state index contributed by atoms with van der Waals surface area (Å²) in [5.41, 5.74) is 1.50. The molecule has 25 heavy (non-hydrogen) atoms. The Morgan fingerprint density at radius 2 is 1.68 bits per heavy atom. The molecule has 1 heterocycles. The molecule has 1 amide bonds. The number of esters is 1. The zero-order chi connectivity index (χ0) is 17.6. The number of carbonyl (C=O) groups is 2. The number of nitrogens with zero attached hydrogens (tertiary/aromatic N) is 2. The molecule has 0 saturated carbocycles. The Bertz CT molecular complexity index is 743. The van der Waals surface area contributed by atoms with Crippen LogP contribution in [0.5, 0.6) is 0 Å². The van der Waals surface area contributed by atoms with Crippen LogP contribution in [0.25, 0.3) is 0 Å². The number of rotatable bonds is 4. The van der Waals surface area contributed by atoms with E-state index in [4.69, 9.17) is 16.3 Å². The van der Waals surface area contributed by atoms with E-state index in [-0.39, 0.29) is 12.5 Å². The van der Waals surface area contributed by atoms with Crippen molar-refractivity contribution in [1.29, 1.82) is 0 Å². The highest BCUT2D eigenvalue weighted by molar-refractivity contribution is 6.30. The SMILES string of the molecule is O=C(OCC(=O)N1CCN(c2cccc(Cl)c2)CC1)c1ccccc1. The van der Waals surface area contributed by atoms with Crippen LogP contribution in [0.2, 0.25) is 5.02 Å². The second kappa shape index (κ2) is 8.03. The first kappa shape index (κ1) is 17.3. The van der Waals surface area contributed by atoms with Crippen LogP contribution in [0, 0.1) is 0 Å². The molecule has 0 radical (unpaired) electrons. The summed E-state index contributed by atoms with van der Waals surface area (Å²) in [5, 5.41) is 0.698. The average molecular weight is 359 g/mol. The normalized spacial score (nSPS) is 14.3. The minimum Gasteiger partial charge on any atom is -0.452 e. The lowest BCUT2D eigenvalue weighted by atomic mass is 10.2. The van der Waals surface area contributed by atoms with Gasteiger partial charge in [-0.05, 0) is 30.3 Å². The van der Waals surface area contributed by atoms with Gasteiger partial charge in [0.2, 0.25) is 0 Å². The highest BCUT2D eigenvalue weighted by Gasteiger charge is 2.22. The second-order valence-corrected chi connectivity index (χ2v) is 6.23. The maximum absolute atomic E-state index is 12.2. The highest BCUT2D eigenvalue weighted by Crippen LogP contribution is 2.20. The van der Waals surface area contributed by atoms with Crippen LogP contribution < -0.4 is 4.90 Å². The van der Waals surface area contributed by atoms with Gasteiger partial charge in [0.25, 0.3) is 5.91 Å². The molecule has 1 fully saturated rings. The van der Waals surface area contributed by atoms with Gasteiger partial charge in [-0.25, -0.2) is 4.79 Å². The van der Waals surface area contributed by atoms with E-state index in [1.165, 1.54) is 0 Å². The summed E-state index contributed by atoms with van der Waals surface area (Å²) in [6.45, 7) is 2.39. The number of piperazine rings is 1. The summed E-state index contributed by atoms with van der Waals surface area (Å²) < 4.78 is 5.11. The van der Waals surface area contributed by atoms with E-state index in [0.29, 0.717) is 23.7 Å². The van der Waals surface area contributed by atoms with Gasteiger partial charge in [-0.15, -0.1) is 0 Å². The zero-order valence-electron chi connectivity index (χ0n) is 13.7. The van der Waals surface area contributed by atoms with Gasteiger partial charge in [-0.2, -0.15) is 0 Å². The molecule has 0 spiro atoms. The molecule has 130 valence electrons. The van der Waals surface area contributed by atoms with E-state index in [9.17, 15) is 9.59 Å². The standard InChI is InChI=1S/C19H19ClN2O3/c20-16-7-4-8-17(13-16)21-9-11-22(12-10-21)18(23)14-25-19(24)15-5-2-1-3-6-15/h1-8,13H,9-12,14H2. The minimum atomic E-state index is -0.480. The lowest BCUT2D eigenvalue weighted by molar-refractivity contribution is -0.134. The van der Waals surface area contributed by atoms with Crippen LogP contribution in [0.1, 0.15) is 10.4 Å². The Labute approximate surface area is 151 Å². The van der Waals surface area contributed by atoms with E-state index in [1.54, 1.807) is 29.2 Å². The minimum absolute atomic E-state index is 0.171. The molecule has 0 N–H and O–H groups in total. The Balaban J connectivity index is 1.48. The van der Waals surface area contributed by atoms with Crippen LogP contribution in [0.4, 0.5) is 5.69 Å². The van der Waals surface area contributed by atoms with Crippen molar-refractivity contribution in [1.82, 2.24) is 4.90 Å². The number of hydrogen-bond acceptors (Lipinski definition) is 4. The second-order valence-electron chi connectivity index (χ2n) is 5.79. The van der Waals surface area contributed by atoms with Gasteiger partial charge < -0.3 is 14.5 Å². The quantitative estimate of drug-likeness (QED) is 0.789. The fraction of sp³-hybridized carbons (Fsp3) is 0.263. The molecule has 0 unspecified atom stereocenters. The summed E-state index contributed by atoms with van der Waals surface area (Å²) in [5.74, 6) is -0.651. The van der Waals surface area contributed by atoms with Crippen LogP contribution in [0.15, 0.2) is 54.6 Å². The molecular formula is C19H19ClN2O3. The Hall–Kier alpha value is -2.53. The van der Waals surface area contributed by atoms with Crippen molar-refractivity contribution in [2.75, 3.05) is 37.7 Å². The fourth-order valence-corrected chi connectivity index (χ4v) is 2.95. The number of hydrogen-bond donors (Lipinski definition) is 0. The third kappa shape index (κ3) is 4.51. The van der Waals surface area contributed by atoms with Crippen molar-refractivity contribution in [3.05, 3.63) is 65.2 Å². The predicted molar refractivity (Wildman–Crippen MR) is 97.0 cm³/mol. The first-order valence-electron chi connectivity index (χ1n) is 8.14. The Morgan fingerprint density at radius 3 is 2.36 bits per heavy atom. The summed E-state index contributed by atoms with van der Waals surface area (Å²) >= 11 is 6.02. The maximum atomic E-state index is 12.2. The number of benzene rings is 2. The number of halogens is 1. The first-order valence-corrected chi connectivity index (χ1v) is 8.52. The average Bonchev–Trinajstić information content (AvgIpc) is 2.66. The predicted octanol–water partition coefficient (Wildman–Crippen LogP) is 2.85. The van der Waals surface area contributed by atoms with Crippen LogP contribution >= 0.6 is 11.6 Å². The van der Waals surface area contributed by atoms with Gasteiger partial charge in [0, 0.05) is 36.9 Å². The highest BCUT2D eigenvalue weighted by atomic mass is 35.5. The molecule has 2 aromatic rings. The van der Waals surface area contributed by atoms with Crippen LogP contribution in [-0.2, 0) is 9.53 Å². The van der Waals surface area contributed by atoms with E-state index in [1.807, 2.05) is 30.3 Å². The molecule has 0 aromatic heterocycles. The van der Waals surface area contributed by atoms with Crippen LogP contribution in [0.3, 0.4) is 0 Å². The molecule has 0 aliphatic carbocycles. The molecule has 6 heteroatoms. The summed E-state index contributed by atoms with van der Waals surface area (Å²) in [7, 11) is 0. The molecule has 5 nitrogen and oxygen atoms in total. The molecule has 3 rings (SSSR count). The van der Waals surface area contributed by atoms with Gasteiger partial charge in [-0.1, -0.05) is 35.9 Å². The molecule has 1 saturated heterocycles. The maximum Gasteiger partial charge on any atom is 0.338 e. The fourth-order valence-electron chi connectivity index (χ4n) is 2.76. The third-order valence-corrected chi connectivity index (χ3v) is 4.38. The molecular weight excluding hydrogens is 340 g/mol. The topological polar surface area (TPSA) is 49.9 Å². The van der Waals surface area contributed by atoms with Crippen molar-refractivity contribution in [3.63, 3.8) is 0 Å². The number of anilines is 1. The monoisotopic (exact) mass is 358 g/mol. The number of carbonyl (C=O) groups excluding carboxylic acids is 2. The van der Waals surface area contributed by atoms with Gasteiger partial charge in [0.05, 0.1) is 5.56 Å². The first-order chi connectivity index (χ1) is 12.1.